The van der Waals surface area contributed by atoms with Gasteiger partial charge in [0, 0.05) is 18.8 Å². The number of pyridine rings is 1. The van der Waals surface area contributed by atoms with Gasteiger partial charge in [-0.05, 0) is 62.1 Å². The van der Waals surface area contributed by atoms with E-state index in [0.29, 0.717) is 12.6 Å². The second-order valence-electron chi connectivity index (χ2n) is 6.11. The molecule has 0 aromatic carbocycles. The van der Waals surface area contributed by atoms with Crippen LogP contribution in [0.3, 0.4) is 0 Å². The lowest BCUT2D eigenvalue weighted by Crippen LogP contribution is -2.46. The van der Waals surface area contributed by atoms with Crippen LogP contribution < -0.4 is 10.1 Å². The molecule has 0 amide bonds. The Hall–Kier alpha value is -1.13. The Morgan fingerprint density at radius 2 is 2.25 bits per heavy atom. The van der Waals surface area contributed by atoms with E-state index in [1.54, 1.807) is 6.20 Å². The summed E-state index contributed by atoms with van der Waals surface area (Å²) < 4.78 is 5.79. The molecule has 1 aliphatic heterocycles. The van der Waals surface area contributed by atoms with E-state index in [2.05, 4.69) is 16.4 Å². The number of nitrogens with zero attached hydrogens (tertiary/aromatic N) is 1. The number of aliphatic hydroxyl groups is 1. The fourth-order valence-corrected chi connectivity index (χ4v) is 2.91. The minimum absolute atomic E-state index is 0.323. The molecule has 2 fully saturated rings. The summed E-state index contributed by atoms with van der Waals surface area (Å²) in [4.78, 5) is 4.29. The van der Waals surface area contributed by atoms with E-state index in [1.807, 2.05) is 6.20 Å². The maximum absolute atomic E-state index is 8.85. The first-order valence-electron chi connectivity index (χ1n) is 7.76. The predicted molar refractivity (Wildman–Crippen MR) is 77.8 cm³/mol. The molecule has 2 N–H and O–H groups in total. The summed E-state index contributed by atoms with van der Waals surface area (Å²) in [5.74, 6) is 2.49. The molecule has 0 radical (unpaired) electrons. The molecule has 1 aliphatic carbocycles. The number of ether oxygens (including phenoxy) is 1. The molecule has 2 heterocycles. The fraction of sp³-hybridized carbons (Fsp3) is 0.688. The first kappa shape index (κ1) is 13.8. The first-order chi connectivity index (χ1) is 9.85. The van der Waals surface area contributed by atoms with E-state index in [9.17, 15) is 0 Å². The summed E-state index contributed by atoms with van der Waals surface area (Å²) in [5, 5.41) is 12.2. The van der Waals surface area contributed by atoms with Crippen LogP contribution in [0.4, 0.5) is 0 Å². The predicted octanol–water partition coefficient (Wildman–Crippen LogP) is 1.77. The third-order valence-corrected chi connectivity index (χ3v) is 4.45. The zero-order valence-electron chi connectivity index (χ0n) is 11.9. The van der Waals surface area contributed by atoms with Gasteiger partial charge < -0.3 is 15.2 Å². The Morgan fingerprint density at radius 3 is 3.00 bits per heavy atom. The smallest absolute Gasteiger partial charge is 0.137 e. The molecule has 3 atom stereocenters. The van der Waals surface area contributed by atoms with Gasteiger partial charge in [0.05, 0.1) is 6.20 Å². The fourth-order valence-electron chi connectivity index (χ4n) is 2.91. The second-order valence-corrected chi connectivity index (χ2v) is 6.11. The van der Waals surface area contributed by atoms with Gasteiger partial charge in [-0.15, -0.1) is 0 Å². The Morgan fingerprint density at radius 1 is 1.35 bits per heavy atom. The number of hydrogen-bond acceptors (Lipinski definition) is 4. The van der Waals surface area contributed by atoms with Gasteiger partial charge in [-0.25, -0.2) is 0 Å². The summed E-state index contributed by atoms with van der Waals surface area (Å²) in [6.07, 6.45) is 9.48. The maximum Gasteiger partial charge on any atom is 0.137 e. The molecule has 1 aromatic heterocycles. The van der Waals surface area contributed by atoms with Crippen molar-refractivity contribution in [1.82, 2.24) is 10.3 Å². The van der Waals surface area contributed by atoms with Crippen LogP contribution in [0.15, 0.2) is 18.5 Å². The van der Waals surface area contributed by atoms with Crippen LogP contribution in [0.5, 0.6) is 5.75 Å². The normalized spacial score (nSPS) is 27.9. The Kier molecular flexibility index (Phi) is 4.53. The molecule has 1 saturated heterocycles. The molecule has 1 aromatic rings. The quantitative estimate of drug-likeness (QED) is 0.760. The van der Waals surface area contributed by atoms with Crippen molar-refractivity contribution in [3.63, 3.8) is 0 Å². The van der Waals surface area contributed by atoms with Crippen LogP contribution in [-0.4, -0.2) is 35.9 Å². The first-order valence-corrected chi connectivity index (χ1v) is 7.76. The maximum atomic E-state index is 8.85. The Balaban J connectivity index is 1.45. The van der Waals surface area contributed by atoms with Crippen molar-refractivity contribution in [2.24, 2.45) is 11.8 Å². The van der Waals surface area contributed by atoms with Crippen molar-refractivity contribution in [2.75, 3.05) is 19.8 Å². The van der Waals surface area contributed by atoms with Gasteiger partial charge in [0.2, 0.25) is 0 Å². The van der Waals surface area contributed by atoms with Gasteiger partial charge in [0.25, 0.3) is 0 Å². The molecule has 2 aliphatic rings. The molecule has 110 valence electrons. The lowest BCUT2D eigenvalue weighted by Gasteiger charge is -2.27. The molecule has 4 nitrogen and oxygen atoms in total. The molecule has 0 bridgehead atoms. The lowest BCUT2D eigenvalue weighted by atomic mass is 10.1. The van der Waals surface area contributed by atoms with Gasteiger partial charge in [-0.3, -0.25) is 4.98 Å². The van der Waals surface area contributed by atoms with E-state index >= 15 is 0 Å². The third kappa shape index (κ3) is 3.70. The van der Waals surface area contributed by atoms with E-state index in [0.717, 1.165) is 50.0 Å². The van der Waals surface area contributed by atoms with Gasteiger partial charge in [0.1, 0.15) is 12.4 Å². The summed E-state index contributed by atoms with van der Waals surface area (Å²) in [6, 6.07) is 2.65. The van der Waals surface area contributed by atoms with Crippen molar-refractivity contribution in [1.29, 1.82) is 0 Å². The third-order valence-electron chi connectivity index (χ3n) is 4.45. The topological polar surface area (TPSA) is 54.4 Å². The van der Waals surface area contributed by atoms with Gasteiger partial charge in [-0.2, -0.15) is 0 Å². The van der Waals surface area contributed by atoms with Crippen LogP contribution >= 0.6 is 0 Å². The number of aliphatic hydroxyl groups excluding tert-OH is 1. The van der Waals surface area contributed by atoms with Crippen LogP contribution in [0, 0.1) is 11.8 Å². The number of aromatic nitrogens is 1. The molecular formula is C16H24N2O2. The summed E-state index contributed by atoms with van der Waals surface area (Å²) in [5.41, 5.74) is 1.28. The van der Waals surface area contributed by atoms with Crippen LogP contribution in [0.2, 0.25) is 0 Å². The van der Waals surface area contributed by atoms with Crippen molar-refractivity contribution in [3.05, 3.63) is 24.0 Å². The minimum Gasteiger partial charge on any atom is -0.490 e. The van der Waals surface area contributed by atoms with Crippen molar-refractivity contribution in [2.45, 2.75) is 38.1 Å². The van der Waals surface area contributed by atoms with Gasteiger partial charge in [0.15, 0.2) is 0 Å². The molecule has 20 heavy (non-hydrogen) atoms. The summed E-state index contributed by atoms with van der Waals surface area (Å²) in [7, 11) is 0. The van der Waals surface area contributed by atoms with Crippen LogP contribution in [0.1, 0.15) is 31.2 Å². The van der Waals surface area contributed by atoms with Crippen molar-refractivity contribution < 1.29 is 9.84 Å². The lowest BCUT2D eigenvalue weighted by molar-refractivity contribution is 0.216. The number of hydrogen-bond donors (Lipinski definition) is 2. The zero-order valence-corrected chi connectivity index (χ0v) is 11.9. The standard InChI is InChI=1S/C16H24N2O2/c19-5-1-2-13-8-14(13)6-12-7-16(10-17-9-12)20-11-15-3-4-18-15/h7,9-10,13-15,18-19H,1-6,8,11H2/t13-,14-,15+/m1/s1. The van der Waals surface area contributed by atoms with E-state index < -0.39 is 0 Å². The molecule has 0 unspecified atom stereocenters. The van der Waals surface area contributed by atoms with Crippen molar-refractivity contribution in [3.8, 4) is 5.75 Å². The highest BCUT2D eigenvalue weighted by atomic mass is 16.5. The Labute approximate surface area is 120 Å². The summed E-state index contributed by atoms with van der Waals surface area (Å²) >= 11 is 0. The molecule has 0 spiro atoms. The van der Waals surface area contributed by atoms with Crippen LogP contribution in [-0.2, 0) is 6.42 Å². The number of rotatable bonds is 8. The average molecular weight is 276 g/mol. The molecule has 1 saturated carbocycles. The van der Waals surface area contributed by atoms with Crippen LogP contribution in [0.25, 0.3) is 0 Å². The summed E-state index contributed by atoms with van der Waals surface area (Å²) in [6.45, 7) is 2.18. The van der Waals surface area contributed by atoms with Crippen molar-refractivity contribution >= 4 is 0 Å². The average Bonchev–Trinajstić information content (AvgIpc) is 3.13. The highest BCUT2D eigenvalue weighted by Gasteiger charge is 2.35. The second kappa shape index (κ2) is 6.55. The zero-order chi connectivity index (χ0) is 13.8. The van der Waals surface area contributed by atoms with E-state index in [1.165, 1.54) is 18.4 Å². The molecule has 3 rings (SSSR count). The monoisotopic (exact) mass is 276 g/mol. The Bertz CT molecular complexity index is 434. The molecular weight excluding hydrogens is 252 g/mol. The van der Waals surface area contributed by atoms with Gasteiger partial charge in [-0.1, -0.05) is 0 Å². The highest BCUT2D eigenvalue weighted by Crippen LogP contribution is 2.44. The minimum atomic E-state index is 0.323. The molecule has 4 heteroatoms. The van der Waals surface area contributed by atoms with Gasteiger partial charge >= 0.3 is 0 Å². The SMILES string of the molecule is OCCC[C@@H]1C[C@H]1Cc1cncc(OC[C@@H]2CCN2)c1. The highest BCUT2D eigenvalue weighted by molar-refractivity contribution is 5.24. The van der Waals surface area contributed by atoms with E-state index in [4.69, 9.17) is 9.84 Å². The largest absolute Gasteiger partial charge is 0.490 e. The van der Waals surface area contributed by atoms with E-state index in [-0.39, 0.29) is 0 Å². The number of nitrogens with one attached hydrogen (secondary N) is 1.